The third kappa shape index (κ3) is 3.10. The van der Waals surface area contributed by atoms with Gasteiger partial charge in [-0.15, -0.1) is 0 Å². The Morgan fingerprint density at radius 2 is 1.24 bits per heavy atom. The Labute approximate surface area is 106 Å². The van der Waals surface area contributed by atoms with Crippen molar-refractivity contribution in [2.75, 3.05) is 0 Å². The van der Waals surface area contributed by atoms with Crippen molar-refractivity contribution in [3.05, 3.63) is 34.4 Å². The Balaban J connectivity index is 3.46. The Morgan fingerprint density at radius 3 is 1.47 bits per heavy atom. The first-order chi connectivity index (χ1) is 7.88. The minimum Gasteiger partial charge on any atom is -0.326 e. The molecule has 1 aromatic carbocycles. The minimum atomic E-state index is 0.546. The molecule has 0 aliphatic heterocycles. The average molecular weight is 233 g/mol. The van der Waals surface area contributed by atoms with Gasteiger partial charge >= 0.3 is 0 Å². The summed E-state index contributed by atoms with van der Waals surface area (Å²) in [6, 6.07) is 4.70. The van der Waals surface area contributed by atoms with Crippen LogP contribution < -0.4 is 5.73 Å². The van der Waals surface area contributed by atoms with Crippen molar-refractivity contribution in [2.45, 2.75) is 65.8 Å². The molecule has 2 N–H and O–H groups in total. The van der Waals surface area contributed by atoms with E-state index in [1.54, 1.807) is 0 Å². The molecule has 1 heteroatoms. The summed E-state index contributed by atoms with van der Waals surface area (Å²) in [6.07, 6.45) is 0. The predicted molar refractivity (Wildman–Crippen MR) is 76.6 cm³/mol. The second-order valence-corrected chi connectivity index (χ2v) is 5.85. The maximum atomic E-state index is 5.95. The van der Waals surface area contributed by atoms with E-state index >= 15 is 0 Å². The fourth-order valence-electron chi connectivity index (χ4n) is 2.34. The first-order valence-electron chi connectivity index (χ1n) is 6.75. The fourth-order valence-corrected chi connectivity index (χ4v) is 2.34. The molecule has 0 saturated heterocycles. The van der Waals surface area contributed by atoms with E-state index in [1.807, 2.05) is 0 Å². The third-order valence-corrected chi connectivity index (χ3v) is 3.46. The van der Waals surface area contributed by atoms with Crippen molar-refractivity contribution in [3.8, 4) is 0 Å². The van der Waals surface area contributed by atoms with E-state index in [-0.39, 0.29) is 0 Å². The van der Waals surface area contributed by atoms with Crippen LogP contribution in [0.1, 0.15) is 81.5 Å². The molecule has 0 aliphatic rings. The Morgan fingerprint density at radius 1 is 0.824 bits per heavy atom. The standard InChI is InChI=1S/C16H27N/c1-10(2)13-7-14(11(3)4)16(9-17)15(8-13)12(5)6/h7-8,10-12H,9,17H2,1-6H3. The van der Waals surface area contributed by atoms with E-state index in [9.17, 15) is 0 Å². The van der Waals surface area contributed by atoms with E-state index in [0.29, 0.717) is 24.3 Å². The number of hydrogen-bond donors (Lipinski definition) is 1. The van der Waals surface area contributed by atoms with Gasteiger partial charge in [-0.25, -0.2) is 0 Å². The van der Waals surface area contributed by atoms with E-state index in [4.69, 9.17) is 5.73 Å². The lowest BCUT2D eigenvalue weighted by Crippen LogP contribution is -2.10. The zero-order valence-corrected chi connectivity index (χ0v) is 12.2. The number of hydrogen-bond acceptors (Lipinski definition) is 1. The van der Waals surface area contributed by atoms with Crippen LogP contribution in [-0.4, -0.2) is 0 Å². The van der Waals surface area contributed by atoms with Crippen LogP contribution in [0.4, 0.5) is 0 Å². The molecular weight excluding hydrogens is 206 g/mol. The van der Waals surface area contributed by atoms with Crippen molar-refractivity contribution >= 4 is 0 Å². The van der Waals surface area contributed by atoms with Crippen molar-refractivity contribution < 1.29 is 0 Å². The molecule has 0 aliphatic carbocycles. The molecule has 0 radical (unpaired) electrons. The van der Waals surface area contributed by atoms with Crippen LogP contribution in [0.2, 0.25) is 0 Å². The molecule has 0 atom stereocenters. The molecule has 0 aromatic heterocycles. The van der Waals surface area contributed by atoms with Crippen molar-refractivity contribution in [1.82, 2.24) is 0 Å². The van der Waals surface area contributed by atoms with Crippen LogP contribution in [0.5, 0.6) is 0 Å². The van der Waals surface area contributed by atoms with E-state index < -0.39 is 0 Å². The van der Waals surface area contributed by atoms with E-state index in [2.05, 4.69) is 53.7 Å². The van der Waals surface area contributed by atoms with Gasteiger partial charge in [0.25, 0.3) is 0 Å². The van der Waals surface area contributed by atoms with Gasteiger partial charge in [0.15, 0.2) is 0 Å². The van der Waals surface area contributed by atoms with Crippen LogP contribution in [0.25, 0.3) is 0 Å². The summed E-state index contributed by atoms with van der Waals surface area (Å²) in [7, 11) is 0. The van der Waals surface area contributed by atoms with Gasteiger partial charge in [-0.1, -0.05) is 53.7 Å². The van der Waals surface area contributed by atoms with Gasteiger partial charge in [-0.05, 0) is 40.0 Å². The van der Waals surface area contributed by atoms with E-state index in [1.165, 1.54) is 22.3 Å². The van der Waals surface area contributed by atoms with Crippen LogP contribution in [-0.2, 0) is 6.54 Å². The maximum absolute atomic E-state index is 5.95. The highest BCUT2D eigenvalue weighted by Crippen LogP contribution is 2.31. The molecule has 1 rings (SSSR count). The summed E-state index contributed by atoms with van der Waals surface area (Å²) in [4.78, 5) is 0. The second kappa shape index (κ2) is 5.68. The minimum absolute atomic E-state index is 0.546. The van der Waals surface area contributed by atoms with Gasteiger partial charge in [-0.3, -0.25) is 0 Å². The topological polar surface area (TPSA) is 26.0 Å². The number of benzene rings is 1. The van der Waals surface area contributed by atoms with Crippen LogP contribution in [0, 0.1) is 0 Å². The summed E-state index contributed by atoms with van der Waals surface area (Å²) in [5.41, 5.74) is 11.6. The zero-order valence-electron chi connectivity index (χ0n) is 12.2. The zero-order chi connectivity index (χ0) is 13.2. The molecule has 0 saturated carbocycles. The second-order valence-electron chi connectivity index (χ2n) is 5.85. The SMILES string of the molecule is CC(C)c1cc(C(C)C)c(CN)c(C(C)C)c1. The van der Waals surface area contributed by atoms with Crippen LogP contribution in [0.3, 0.4) is 0 Å². The van der Waals surface area contributed by atoms with Crippen molar-refractivity contribution in [1.29, 1.82) is 0 Å². The summed E-state index contributed by atoms with van der Waals surface area (Å²) >= 11 is 0. The monoisotopic (exact) mass is 233 g/mol. The molecule has 0 unspecified atom stereocenters. The summed E-state index contributed by atoms with van der Waals surface area (Å²) < 4.78 is 0. The van der Waals surface area contributed by atoms with Gasteiger partial charge in [0.05, 0.1) is 0 Å². The summed E-state index contributed by atoms with van der Waals surface area (Å²) in [6.45, 7) is 14.2. The lowest BCUT2D eigenvalue weighted by molar-refractivity contribution is 0.774. The van der Waals surface area contributed by atoms with Crippen molar-refractivity contribution in [3.63, 3.8) is 0 Å². The van der Waals surface area contributed by atoms with Crippen LogP contribution >= 0.6 is 0 Å². The molecule has 0 spiro atoms. The molecular formula is C16H27N. The highest BCUT2D eigenvalue weighted by atomic mass is 14.5. The number of nitrogens with two attached hydrogens (primary N) is 1. The first-order valence-corrected chi connectivity index (χ1v) is 6.75. The van der Waals surface area contributed by atoms with Crippen molar-refractivity contribution in [2.24, 2.45) is 5.73 Å². The highest BCUT2D eigenvalue weighted by molar-refractivity contribution is 5.43. The Kier molecular flexibility index (Phi) is 4.76. The first kappa shape index (κ1) is 14.2. The molecule has 0 bridgehead atoms. The summed E-state index contributed by atoms with van der Waals surface area (Å²) in [5, 5.41) is 0. The predicted octanol–water partition coefficient (Wildman–Crippen LogP) is 4.52. The smallest absolute Gasteiger partial charge is 0.0183 e. The highest BCUT2D eigenvalue weighted by Gasteiger charge is 2.15. The lowest BCUT2D eigenvalue weighted by Gasteiger charge is -2.22. The Bertz CT molecular complexity index is 346. The fraction of sp³-hybridized carbons (Fsp3) is 0.625. The maximum Gasteiger partial charge on any atom is 0.0183 e. The molecule has 1 nitrogen and oxygen atoms in total. The average Bonchev–Trinajstić information content (AvgIpc) is 2.26. The van der Waals surface area contributed by atoms with E-state index in [0.717, 1.165) is 0 Å². The van der Waals surface area contributed by atoms with Gasteiger partial charge in [0.2, 0.25) is 0 Å². The summed E-state index contributed by atoms with van der Waals surface area (Å²) in [5.74, 6) is 1.67. The number of rotatable bonds is 4. The largest absolute Gasteiger partial charge is 0.326 e. The molecule has 0 heterocycles. The molecule has 17 heavy (non-hydrogen) atoms. The quantitative estimate of drug-likeness (QED) is 0.813. The molecule has 0 fully saturated rings. The van der Waals surface area contributed by atoms with Gasteiger partial charge in [0.1, 0.15) is 0 Å². The third-order valence-electron chi connectivity index (χ3n) is 3.46. The van der Waals surface area contributed by atoms with Gasteiger partial charge < -0.3 is 5.73 Å². The lowest BCUT2D eigenvalue weighted by atomic mass is 9.84. The molecule has 1 aromatic rings. The van der Waals surface area contributed by atoms with Gasteiger partial charge in [0, 0.05) is 6.54 Å². The molecule has 96 valence electrons. The Hall–Kier alpha value is -0.820. The van der Waals surface area contributed by atoms with Crippen LogP contribution in [0.15, 0.2) is 12.1 Å². The molecule has 0 amide bonds. The normalized spacial score (nSPS) is 11.9. The van der Waals surface area contributed by atoms with Gasteiger partial charge in [-0.2, -0.15) is 0 Å².